The fourth-order valence-corrected chi connectivity index (χ4v) is 4.00. The average molecular weight is 531 g/mol. The van der Waals surface area contributed by atoms with Crippen LogP contribution in [-0.4, -0.2) is 50.7 Å². The van der Waals surface area contributed by atoms with Gasteiger partial charge >= 0.3 is 5.69 Å². The summed E-state index contributed by atoms with van der Waals surface area (Å²) in [4.78, 5) is 36.2. The second-order valence-corrected chi connectivity index (χ2v) is 8.43. The van der Waals surface area contributed by atoms with Crippen LogP contribution >= 0.6 is 11.6 Å². The van der Waals surface area contributed by atoms with Gasteiger partial charge in [-0.15, -0.1) is 0 Å². The van der Waals surface area contributed by atoms with Crippen LogP contribution in [0.15, 0.2) is 35.1 Å². The number of hydrogen-bond donors (Lipinski definition) is 2. The first-order valence-corrected chi connectivity index (χ1v) is 11.6. The Kier molecular flexibility index (Phi) is 7.74. The highest BCUT2D eigenvalue weighted by Crippen LogP contribution is 2.37. The van der Waals surface area contributed by atoms with Gasteiger partial charge in [0.15, 0.2) is 22.9 Å². The number of halogens is 2. The van der Waals surface area contributed by atoms with E-state index in [9.17, 15) is 14.0 Å². The number of benzene rings is 2. The Hall–Kier alpha value is -3.96. The molecule has 0 saturated heterocycles. The first-order chi connectivity index (χ1) is 17.7. The van der Waals surface area contributed by atoms with Crippen molar-refractivity contribution in [3.63, 3.8) is 0 Å². The zero-order valence-corrected chi connectivity index (χ0v) is 21.1. The Bertz CT molecular complexity index is 1530. The van der Waals surface area contributed by atoms with Gasteiger partial charge in [0.2, 0.25) is 0 Å². The molecule has 194 valence electrons. The summed E-state index contributed by atoms with van der Waals surface area (Å²) in [6.45, 7) is 2.80. The van der Waals surface area contributed by atoms with Gasteiger partial charge in [-0.2, -0.15) is 0 Å². The molecule has 4 aromatic rings. The van der Waals surface area contributed by atoms with Crippen molar-refractivity contribution in [1.82, 2.24) is 19.5 Å². The molecule has 2 N–H and O–H groups in total. The molecule has 2 aromatic heterocycles. The molecule has 0 amide bonds. The van der Waals surface area contributed by atoms with Crippen LogP contribution in [0.3, 0.4) is 0 Å². The molecule has 37 heavy (non-hydrogen) atoms. The number of hydrogen-bond acceptors (Lipinski definition) is 8. The minimum Gasteiger partial charge on any atom is -0.496 e. The van der Waals surface area contributed by atoms with E-state index in [2.05, 4.69) is 15.0 Å². The Morgan fingerprint density at radius 1 is 1.19 bits per heavy atom. The minimum atomic E-state index is -0.602. The summed E-state index contributed by atoms with van der Waals surface area (Å²) in [7, 11) is 1.42. The zero-order valence-electron chi connectivity index (χ0n) is 20.3. The molecule has 0 atom stereocenters. The molecule has 0 aliphatic carbocycles. The number of ether oxygens (including phenoxy) is 3. The first-order valence-electron chi connectivity index (χ1n) is 11.3. The van der Waals surface area contributed by atoms with E-state index >= 15 is 0 Å². The number of aromatic nitrogens is 4. The van der Waals surface area contributed by atoms with Crippen molar-refractivity contribution in [2.45, 2.75) is 26.9 Å². The maximum absolute atomic E-state index is 14.5. The van der Waals surface area contributed by atoms with E-state index in [1.807, 2.05) is 0 Å². The summed E-state index contributed by atoms with van der Waals surface area (Å²) < 4.78 is 32.6. The summed E-state index contributed by atoms with van der Waals surface area (Å²) in [6.07, 6.45) is 0.353. The van der Waals surface area contributed by atoms with Crippen molar-refractivity contribution >= 4 is 28.5 Å². The summed E-state index contributed by atoms with van der Waals surface area (Å²) in [6, 6.07) is 7.32. The molecule has 0 radical (unpaired) electrons. The molecule has 2 heterocycles. The number of aliphatic hydroxyl groups is 1. The fraction of sp³-hybridized carbons (Fsp3) is 0.280. The van der Waals surface area contributed by atoms with Crippen LogP contribution in [0.5, 0.6) is 17.2 Å². The Morgan fingerprint density at radius 2 is 1.95 bits per heavy atom. The number of aromatic amines is 1. The number of imidazole rings is 1. The van der Waals surface area contributed by atoms with E-state index in [1.54, 1.807) is 13.0 Å². The van der Waals surface area contributed by atoms with Crippen LogP contribution < -0.4 is 19.9 Å². The van der Waals surface area contributed by atoms with Crippen LogP contribution in [0.1, 0.15) is 35.2 Å². The van der Waals surface area contributed by atoms with E-state index in [-0.39, 0.29) is 76.1 Å². The van der Waals surface area contributed by atoms with Gasteiger partial charge in [-0.05, 0) is 19.1 Å². The molecule has 0 bridgehead atoms. The summed E-state index contributed by atoms with van der Waals surface area (Å²) >= 11 is 6.56. The normalized spacial score (nSPS) is 11.1. The quantitative estimate of drug-likeness (QED) is 0.234. The summed E-state index contributed by atoms with van der Waals surface area (Å²) in [5, 5.41) is 9.25. The molecular formula is C25H24ClFN4O6. The number of carbonyl (C=O) groups excluding carboxylic acids is 1. The number of fused-ring (bicyclic) bond motifs is 1. The predicted octanol–water partition coefficient (Wildman–Crippen LogP) is 3.76. The monoisotopic (exact) mass is 530 g/mol. The molecule has 0 aliphatic rings. The maximum atomic E-state index is 14.5. The minimum absolute atomic E-state index is 0.0709. The number of rotatable bonds is 10. The number of aliphatic hydroxyl groups excluding tert-OH is 1. The molecule has 0 fully saturated rings. The van der Waals surface area contributed by atoms with Gasteiger partial charge in [0, 0.05) is 32.1 Å². The highest BCUT2D eigenvalue weighted by atomic mass is 35.5. The summed E-state index contributed by atoms with van der Waals surface area (Å²) in [5.74, 6) is 0.100. The molecule has 0 unspecified atom stereocenters. The molecule has 0 spiro atoms. The van der Waals surface area contributed by atoms with Crippen LogP contribution in [0.2, 0.25) is 5.02 Å². The van der Waals surface area contributed by atoms with Crippen LogP contribution in [-0.2, 0) is 6.61 Å². The number of ketones is 1. The van der Waals surface area contributed by atoms with Gasteiger partial charge < -0.3 is 24.3 Å². The van der Waals surface area contributed by atoms with E-state index in [1.165, 1.54) is 42.9 Å². The van der Waals surface area contributed by atoms with E-state index < -0.39 is 11.5 Å². The number of nitrogens with one attached hydrogen (secondary N) is 1. The fourth-order valence-electron chi connectivity index (χ4n) is 3.76. The zero-order chi connectivity index (χ0) is 26.7. The third-order valence-corrected chi connectivity index (χ3v) is 5.77. The largest absolute Gasteiger partial charge is 0.496 e. The molecule has 12 heteroatoms. The Morgan fingerprint density at radius 3 is 2.65 bits per heavy atom. The third-order valence-electron chi connectivity index (χ3n) is 5.46. The number of carbonyl (C=O) groups is 1. The highest BCUT2D eigenvalue weighted by Gasteiger charge is 2.22. The number of nitrogens with zero attached hydrogens (tertiary/aromatic N) is 3. The van der Waals surface area contributed by atoms with E-state index in [4.69, 9.17) is 30.9 Å². The number of Topliss-reactive ketones (excluding diaryl/α,β-unsaturated/α-hetero) is 1. The highest BCUT2D eigenvalue weighted by molar-refractivity contribution is 6.32. The van der Waals surface area contributed by atoms with Gasteiger partial charge in [-0.3, -0.25) is 4.79 Å². The second kappa shape index (κ2) is 11.0. The van der Waals surface area contributed by atoms with Crippen molar-refractivity contribution in [2.24, 2.45) is 0 Å². The van der Waals surface area contributed by atoms with Crippen LogP contribution in [0.25, 0.3) is 16.9 Å². The smallest absolute Gasteiger partial charge is 0.332 e. The topological polar surface area (TPSA) is 129 Å². The van der Waals surface area contributed by atoms with Crippen LogP contribution in [0, 0.1) is 12.7 Å². The molecular weight excluding hydrogens is 507 g/mol. The lowest BCUT2D eigenvalue weighted by molar-refractivity contribution is 0.101. The van der Waals surface area contributed by atoms with Crippen molar-refractivity contribution < 1.29 is 28.5 Å². The maximum Gasteiger partial charge on any atom is 0.332 e. The SMILES string of the molecule is COc1cccc(F)c1COc1cc(-n2c(=O)[nH]c3c(C(C)=O)nc(C)nc32)c(Cl)cc1OCCCO. The Balaban J connectivity index is 1.84. The van der Waals surface area contributed by atoms with Crippen LogP contribution in [0.4, 0.5) is 4.39 Å². The van der Waals surface area contributed by atoms with Crippen molar-refractivity contribution in [2.75, 3.05) is 20.3 Å². The molecule has 10 nitrogen and oxygen atoms in total. The van der Waals surface area contributed by atoms with E-state index in [0.717, 1.165) is 0 Å². The lowest BCUT2D eigenvalue weighted by Crippen LogP contribution is -2.16. The summed E-state index contributed by atoms with van der Waals surface area (Å²) in [5.41, 5.74) is 0.162. The van der Waals surface area contributed by atoms with Gasteiger partial charge in [0.05, 0.1) is 30.0 Å². The Labute approximate surface area is 215 Å². The second-order valence-electron chi connectivity index (χ2n) is 8.03. The lowest BCUT2D eigenvalue weighted by Gasteiger charge is -2.17. The van der Waals surface area contributed by atoms with Gasteiger partial charge in [0.1, 0.15) is 35.2 Å². The molecule has 2 aromatic carbocycles. The predicted molar refractivity (Wildman–Crippen MR) is 134 cm³/mol. The standard InChI is InChI=1S/C25H24ClFN4O6/c1-13(33)22-23-24(29-14(2)28-22)31(25(34)30-23)18-11-21(20(10-16(18)26)36-9-5-8-32)37-12-15-17(27)6-4-7-19(15)35-3/h4,6-7,10-11,32H,5,8-9,12H2,1-3H3,(H,30,34). The van der Waals surface area contributed by atoms with Crippen molar-refractivity contribution in [3.8, 4) is 22.9 Å². The number of H-pyrrole nitrogens is 1. The van der Waals surface area contributed by atoms with Crippen molar-refractivity contribution in [3.05, 3.63) is 68.7 Å². The van der Waals surface area contributed by atoms with Crippen molar-refractivity contribution in [1.29, 1.82) is 0 Å². The average Bonchev–Trinajstić information content (AvgIpc) is 3.18. The molecule has 0 saturated carbocycles. The van der Waals surface area contributed by atoms with E-state index in [0.29, 0.717) is 12.2 Å². The number of methoxy groups -OCH3 is 1. The van der Waals surface area contributed by atoms with Gasteiger partial charge in [-0.25, -0.2) is 23.7 Å². The molecule has 4 rings (SSSR count). The van der Waals surface area contributed by atoms with Gasteiger partial charge in [-0.1, -0.05) is 17.7 Å². The van der Waals surface area contributed by atoms with Gasteiger partial charge in [0.25, 0.3) is 0 Å². The first kappa shape index (κ1) is 26.1. The molecule has 0 aliphatic heterocycles. The third kappa shape index (κ3) is 5.27. The lowest BCUT2D eigenvalue weighted by atomic mass is 10.2. The number of aryl methyl sites for hydroxylation is 1.